The largest absolute Gasteiger partial charge is 0.387 e. The SMILES string of the molecule is OC(CNCCc1ccccn1)c1ccc(F)cc1F. The monoisotopic (exact) mass is 278 g/mol. The van der Waals surface area contributed by atoms with Crippen molar-refractivity contribution in [2.75, 3.05) is 13.1 Å². The normalized spacial score (nSPS) is 12.3. The van der Waals surface area contributed by atoms with Crippen molar-refractivity contribution in [3.63, 3.8) is 0 Å². The van der Waals surface area contributed by atoms with Gasteiger partial charge in [-0.2, -0.15) is 0 Å². The van der Waals surface area contributed by atoms with E-state index in [0.29, 0.717) is 6.54 Å². The van der Waals surface area contributed by atoms with Crippen LogP contribution in [0.2, 0.25) is 0 Å². The number of aliphatic hydroxyl groups excluding tert-OH is 1. The summed E-state index contributed by atoms with van der Waals surface area (Å²) < 4.78 is 26.2. The van der Waals surface area contributed by atoms with Crippen LogP contribution in [0.1, 0.15) is 17.4 Å². The molecule has 0 saturated heterocycles. The molecule has 106 valence electrons. The summed E-state index contributed by atoms with van der Waals surface area (Å²) >= 11 is 0. The Bertz CT molecular complexity index is 549. The van der Waals surface area contributed by atoms with E-state index in [9.17, 15) is 13.9 Å². The zero-order chi connectivity index (χ0) is 14.4. The van der Waals surface area contributed by atoms with Gasteiger partial charge < -0.3 is 10.4 Å². The Hall–Kier alpha value is -1.85. The molecule has 1 unspecified atom stereocenters. The fourth-order valence-corrected chi connectivity index (χ4v) is 1.88. The van der Waals surface area contributed by atoms with Gasteiger partial charge in [0, 0.05) is 43.0 Å². The molecule has 0 aliphatic rings. The minimum absolute atomic E-state index is 0.0942. The van der Waals surface area contributed by atoms with Gasteiger partial charge in [-0.25, -0.2) is 8.78 Å². The second-order valence-electron chi connectivity index (χ2n) is 4.46. The van der Waals surface area contributed by atoms with Crippen LogP contribution in [0.5, 0.6) is 0 Å². The Morgan fingerprint density at radius 2 is 2.05 bits per heavy atom. The highest BCUT2D eigenvalue weighted by Gasteiger charge is 2.12. The maximum atomic E-state index is 13.4. The molecule has 5 heteroatoms. The summed E-state index contributed by atoms with van der Waals surface area (Å²) in [4.78, 5) is 4.17. The summed E-state index contributed by atoms with van der Waals surface area (Å²) in [7, 11) is 0. The predicted molar refractivity (Wildman–Crippen MR) is 72.1 cm³/mol. The first-order valence-corrected chi connectivity index (χ1v) is 6.40. The highest BCUT2D eigenvalue weighted by atomic mass is 19.1. The molecule has 2 N–H and O–H groups in total. The molecule has 0 bridgehead atoms. The number of pyridine rings is 1. The van der Waals surface area contributed by atoms with E-state index in [1.54, 1.807) is 6.20 Å². The molecule has 1 aromatic carbocycles. The standard InChI is InChI=1S/C15H16F2N2O/c16-11-4-5-13(14(17)9-11)15(20)10-18-8-6-12-3-1-2-7-19-12/h1-5,7,9,15,18,20H,6,8,10H2. The van der Waals surface area contributed by atoms with Crippen molar-refractivity contribution < 1.29 is 13.9 Å². The second-order valence-corrected chi connectivity index (χ2v) is 4.46. The molecular formula is C15H16F2N2O. The number of aliphatic hydroxyl groups is 1. The third-order valence-corrected chi connectivity index (χ3v) is 2.94. The number of benzene rings is 1. The van der Waals surface area contributed by atoms with Crippen LogP contribution < -0.4 is 5.32 Å². The van der Waals surface area contributed by atoms with Crippen molar-refractivity contribution in [2.24, 2.45) is 0 Å². The molecule has 2 aromatic rings. The summed E-state index contributed by atoms with van der Waals surface area (Å²) in [5, 5.41) is 12.9. The van der Waals surface area contributed by atoms with Crippen LogP contribution in [0.4, 0.5) is 8.78 Å². The number of nitrogens with zero attached hydrogens (tertiary/aromatic N) is 1. The highest BCUT2D eigenvalue weighted by molar-refractivity contribution is 5.21. The maximum Gasteiger partial charge on any atom is 0.131 e. The molecule has 0 radical (unpaired) electrons. The molecule has 0 aliphatic heterocycles. The van der Waals surface area contributed by atoms with Gasteiger partial charge in [-0.1, -0.05) is 12.1 Å². The van der Waals surface area contributed by atoms with Gasteiger partial charge in [0.1, 0.15) is 11.6 Å². The smallest absolute Gasteiger partial charge is 0.131 e. The number of halogens is 2. The summed E-state index contributed by atoms with van der Waals surface area (Å²) in [5.74, 6) is -1.38. The lowest BCUT2D eigenvalue weighted by Crippen LogP contribution is -2.24. The van der Waals surface area contributed by atoms with Crippen molar-refractivity contribution in [2.45, 2.75) is 12.5 Å². The average molecular weight is 278 g/mol. The van der Waals surface area contributed by atoms with Crippen molar-refractivity contribution in [3.05, 3.63) is 65.5 Å². The van der Waals surface area contributed by atoms with Gasteiger partial charge >= 0.3 is 0 Å². The van der Waals surface area contributed by atoms with Crippen molar-refractivity contribution in [1.82, 2.24) is 10.3 Å². The minimum Gasteiger partial charge on any atom is -0.387 e. The number of rotatable bonds is 6. The summed E-state index contributed by atoms with van der Waals surface area (Å²) in [6.45, 7) is 0.826. The van der Waals surface area contributed by atoms with Crippen LogP contribution in [-0.4, -0.2) is 23.2 Å². The minimum atomic E-state index is -1.00. The van der Waals surface area contributed by atoms with Gasteiger partial charge in [0.2, 0.25) is 0 Å². The fraction of sp³-hybridized carbons (Fsp3) is 0.267. The van der Waals surface area contributed by atoms with E-state index in [1.807, 2.05) is 18.2 Å². The third kappa shape index (κ3) is 4.08. The lowest BCUT2D eigenvalue weighted by Gasteiger charge is -2.13. The Balaban J connectivity index is 1.79. The molecule has 0 saturated carbocycles. The fourth-order valence-electron chi connectivity index (χ4n) is 1.88. The first-order valence-electron chi connectivity index (χ1n) is 6.40. The van der Waals surface area contributed by atoms with Crippen LogP contribution >= 0.6 is 0 Å². The average Bonchev–Trinajstić information content (AvgIpc) is 2.44. The van der Waals surface area contributed by atoms with Crippen LogP contribution in [0.15, 0.2) is 42.6 Å². The number of hydrogen-bond acceptors (Lipinski definition) is 3. The number of aromatic nitrogens is 1. The molecule has 3 nitrogen and oxygen atoms in total. The molecule has 0 amide bonds. The van der Waals surface area contributed by atoms with Gasteiger partial charge in [0.05, 0.1) is 6.10 Å². The van der Waals surface area contributed by atoms with Gasteiger partial charge in [-0.15, -0.1) is 0 Å². The van der Waals surface area contributed by atoms with E-state index in [-0.39, 0.29) is 12.1 Å². The highest BCUT2D eigenvalue weighted by Crippen LogP contribution is 2.17. The van der Waals surface area contributed by atoms with Crippen LogP contribution in [0.25, 0.3) is 0 Å². The zero-order valence-electron chi connectivity index (χ0n) is 10.9. The van der Waals surface area contributed by atoms with Gasteiger partial charge in [-0.05, 0) is 18.2 Å². The van der Waals surface area contributed by atoms with Crippen molar-refractivity contribution >= 4 is 0 Å². The van der Waals surface area contributed by atoms with E-state index in [1.165, 1.54) is 6.07 Å². The Morgan fingerprint density at radius 1 is 1.20 bits per heavy atom. The lowest BCUT2D eigenvalue weighted by molar-refractivity contribution is 0.170. The molecule has 0 spiro atoms. The Kier molecular flexibility index (Phi) is 5.15. The Morgan fingerprint density at radius 3 is 2.75 bits per heavy atom. The summed E-state index contributed by atoms with van der Waals surface area (Å²) in [6.07, 6.45) is 1.44. The van der Waals surface area contributed by atoms with E-state index >= 15 is 0 Å². The Labute approximate surface area is 116 Å². The van der Waals surface area contributed by atoms with E-state index in [2.05, 4.69) is 10.3 Å². The molecule has 20 heavy (non-hydrogen) atoms. The van der Waals surface area contributed by atoms with E-state index < -0.39 is 17.7 Å². The molecule has 1 heterocycles. The van der Waals surface area contributed by atoms with Gasteiger partial charge in [-0.3, -0.25) is 4.98 Å². The van der Waals surface area contributed by atoms with E-state index in [4.69, 9.17) is 0 Å². The van der Waals surface area contributed by atoms with Gasteiger partial charge in [0.15, 0.2) is 0 Å². The number of hydrogen-bond donors (Lipinski definition) is 2. The quantitative estimate of drug-likeness (QED) is 0.796. The molecule has 1 atom stereocenters. The number of nitrogens with one attached hydrogen (secondary N) is 1. The van der Waals surface area contributed by atoms with Crippen LogP contribution in [0, 0.1) is 11.6 Å². The first-order chi connectivity index (χ1) is 9.66. The van der Waals surface area contributed by atoms with Gasteiger partial charge in [0.25, 0.3) is 0 Å². The third-order valence-electron chi connectivity index (χ3n) is 2.94. The molecule has 0 fully saturated rings. The topological polar surface area (TPSA) is 45.1 Å². The van der Waals surface area contributed by atoms with Crippen LogP contribution in [0.3, 0.4) is 0 Å². The van der Waals surface area contributed by atoms with Crippen LogP contribution in [-0.2, 0) is 6.42 Å². The molecule has 2 rings (SSSR count). The van der Waals surface area contributed by atoms with Crippen molar-refractivity contribution in [1.29, 1.82) is 0 Å². The van der Waals surface area contributed by atoms with Crippen molar-refractivity contribution in [3.8, 4) is 0 Å². The first kappa shape index (κ1) is 14.6. The molecule has 0 aliphatic carbocycles. The summed E-state index contributed by atoms with van der Waals surface area (Å²) in [6, 6.07) is 8.83. The lowest BCUT2D eigenvalue weighted by atomic mass is 10.1. The predicted octanol–water partition coefficient (Wildman–Crippen LogP) is 2.23. The molecular weight excluding hydrogens is 262 g/mol. The summed E-state index contributed by atoms with van der Waals surface area (Å²) in [5.41, 5.74) is 1.04. The maximum absolute atomic E-state index is 13.4. The van der Waals surface area contributed by atoms with E-state index in [0.717, 1.165) is 24.2 Å². The zero-order valence-corrected chi connectivity index (χ0v) is 10.9. The second kappa shape index (κ2) is 7.07. The molecule has 1 aromatic heterocycles.